The summed E-state index contributed by atoms with van der Waals surface area (Å²) in [5.74, 6) is -4.96. The Labute approximate surface area is 266 Å². The molecule has 0 unspecified atom stereocenters. The van der Waals surface area contributed by atoms with E-state index in [0.717, 1.165) is 11.1 Å². The number of rotatable bonds is 16. The minimum atomic E-state index is -2.21. The molecule has 0 aliphatic rings. The molecule has 4 atom stereocenters. The minimum absolute atomic E-state index is 0.0431. The molecular formula is C36H35NO9. The van der Waals surface area contributed by atoms with Crippen molar-refractivity contribution in [1.82, 2.24) is 5.32 Å². The Bertz CT molecular complexity index is 1550. The molecule has 0 aliphatic carbocycles. The summed E-state index contributed by atoms with van der Waals surface area (Å²) in [6.07, 6.45) is -5.30. The van der Waals surface area contributed by atoms with Gasteiger partial charge in [0.1, 0.15) is 6.10 Å². The first-order valence-corrected chi connectivity index (χ1v) is 14.7. The molecule has 4 aromatic rings. The average molecular weight is 626 g/mol. The summed E-state index contributed by atoms with van der Waals surface area (Å²) >= 11 is 0. The van der Waals surface area contributed by atoms with Crippen molar-refractivity contribution in [2.75, 3.05) is 13.2 Å². The highest BCUT2D eigenvalue weighted by Gasteiger charge is 2.43. The maximum atomic E-state index is 13.7. The van der Waals surface area contributed by atoms with Crippen LogP contribution in [0.5, 0.6) is 0 Å². The van der Waals surface area contributed by atoms with Gasteiger partial charge in [-0.25, -0.2) is 19.2 Å². The molecule has 0 amide bonds. The van der Waals surface area contributed by atoms with Crippen molar-refractivity contribution >= 4 is 23.9 Å². The van der Waals surface area contributed by atoms with Crippen LogP contribution in [0.2, 0.25) is 0 Å². The first-order chi connectivity index (χ1) is 22.3. The van der Waals surface area contributed by atoms with Crippen molar-refractivity contribution < 1.29 is 43.2 Å². The lowest BCUT2D eigenvalue weighted by atomic mass is 10.1. The molecule has 0 saturated heterocycles. The summed E-state index contributed by atoms with van der Waals surface area (Å²) in [4.78, 5) is 52.0. The molecule has 0 radical (unpaired) electrons. The minimum Gasteiger partial charge on any atom is -0.478 e. The summed E-state index contributed by atoms with van der Waals surface area (Å²) in [7, 11) is 0. The van der Waals surface area contributed by atoms with Crippen molar-refractivity contribution in [1.29, 1.82) is 0 Å². The molecule has 4 aromatic carbocycles. The van der Waals surface area contributed by atoms with Crippen LogP contribution in [0.15, 0.2) is 121 Å². The highest BCUT2D eigenvalue weighted by Crippen LogP contribution is 2.17. The van der Waals surface area contributed by atoms with Crippen LogP contribution in [0.1, 0.15) is 44.8 Å². The van der Waals surface area contributed by atoms with Gasteiger partial charge in [-0.15, -0.1) is 0 Å². The van der Waals surface area contributed by atoms with Crippen LogP contribution in [0.25, 0.3) is 0 Å². The van der Waals surface area contributed by atoms with E-state index in [1.807, 2.05) is 67.6 Å². The number of carbonyl (C=O) groups is 4. The number of benzene rings is 4. The molecule has 0 aromatic heterocycles. The van der Waals surface area contributed by atoms with Crippen molar-refractivity contribution in [3.05, 3.63) is 144 Å². The zero-order valence-corrected chi connectivity index (χ0v) is 25.2. The Hall–Kier alpha value is -5.32. The molecule has 10 heteroatoms. The molecule has 0 fully saturated rings. The van der Waals surface area contributed by atoms with E-state index in [9.17, 15) is 24.3 Å². The van der Waals surface area contributed by atoms with Crippen molar-refractivity contribution in [2.24, 2.45) is 0 Å². The lowest BCUT2D eigenvalue weighted by Crippen LogP contribution is -2.48. The van der Waals surface area contributed by atoms with Gasteiger partial charge >= 0.3 is 23.9 Å². The van der Waals surface area contributed by atoms with Gasteiger partial charge in [-0.2, -0.15) is 0 Å². The summed E-state index contributed by atoms with van der Waals surface area (Å²) in [5, 5.41) is 13.4. The van der Waals surface area contributed by atoms with Gasteiger partial charge in [0.25, 0.3) is 0 Å². The van der Waals surface area contributed by atoms with E-state index in [2.05, 4.69) is 5.32 Å². The molecule has 10 nitrogen and oxygen atoms in total. The van der Waals surface area contributed by atoms with E-state index in [1.54, 1.807) is 36.4 Å². The van der Waals surface area contributed by atoms with Crippen LogP contribution in [0, 0.1) is 0 Å². The number of nitrogens with one attached hydrogen (secondary N) is 1. The van der Waals surface area contributed by atoms with Crippen LogP contribution < -0.4 is 5.32 Å². The molecular weight excluding hydrogens is 590 g/mol. The maximum Gasteiger partial charge on any atom is 0.352 e. The third-order valence-electron chi connectivity index (χ3n) is 6.89. The zero-order chi connectivity index (χ0) is 32.7. The van der Waals surface area contributed by atoms with Crippen molar-refractivity contribution in [3.8, 4) is 0 Å². The highest BCUT2D eigenvalue weighted by atomic mass is 16.6. The summed E-state index contributed by atoms with van der Waals surface area (Å²) in [6.45, 7) is 2.20. The van der Waals surface area contributed by atoms with Gasteiger partial charge in [0.05, 0.1) is 24.3 Å². The van der Waals surface area contributed by atoms with Crippen molar-refractivity contribution in [2.45, 2.75) is 37.9 Å². The van der Waals surface area contributed by atoms with Crippen LogP contribution in [-0.2, 0) is 35.1 Å². The molecule has 0 heterocycles. The molecule has 0 saturated carbocycles. The molecule has 0 aliphatic heterocycles. The lowest BCUT2D eigenvalue weighted by molar-refractivity contribution is -0.176. The SMILES string of the molecule is C[C@@H](NC[C@@H](COCc1ccccc1)OC(=O)[C@H](OC(=O)c1ccccc1)[C@H](OC(=O)c1ccccc1)C(=O)O)c1ccccc1. The second-order valence-electron chi connectivity index (χ2n) is 10.3. The molecule has 0 spiro atoms. The third kappa shape index (κ3) is 10.1. The second kappa shape index (κ2) is 17.2. The monoisotopic (exact) mass is 625 g/mol. The first-order valence-electron chi connectivity index (χ1n) is 14.7. The number of esters is 3. The normalized spacial score (nSPS) is 13.4. The van der Waals surface area contributed by atoms with Gasteiger partial charge in [0, 0.05) is 12.6 Å². The number of ether oxygens (including phenoxy) is 4. The van der Waals surface area contributed by atoms with E-state index < -0.39 is 42.2 Å². The average Bonchev–Trinajstić information content (AvgIpc) is 3.09. The smallest absolute Gasteiger partial charge is 0.352 e. The van der Waals surface area contributed by atoms with Crippen LogP contribution >= 0.6 is 0 Å². The number of hydrogen-bond acceptors (Lipinski definition) is 9. The number of hydrogen-bond donors (Lipinski definition) is 2. The van der Waals surface area contributed by atoms with Gasteiger partial charge in [-0.05, 0) is 42.3 Å². The molecule has 4 rings (SSSR count). The third-order valence-corrected chi connectivity index (χ3v) is 6.89. The lowest BCUT2D eigenvalue weighted by Gasteiger charge is -2.26. The number of aliphatic carboxylic acids is 1. The largest absolute Gasteiger partial charge is 0.478 e. The Morgan fingerprint density at radius 2 is 1.13 bits per heavy atom. The number of carbonyl (C=O) groups excluding carboxylic acids is 3. The van der Waals surface area contributed by atoms with E-state index in [1.165, 1.54) is 24.3 Å². The highest BCUT2D eigenvalue weighted by molar-refractivity contribution is 5.95. The standard InChI is InChI=1S/C36H35NO9/c1-25(27-16-8-3-9-17-27)37-22-30(24-43-23-26-14-6-2-7-15-26)44-36(42)32(46-35(41)29-20-12-5-13-21-29)31(33(38)39)45-34(40)28-18-10-4-11-19-28/h2-21,25,30-32,37H,22-24H2,1H3,(H,38,39)/t25-,30+,31+,32-/m1/s1. The van der Waals surface area contributed by atoms with Gasteiger partial charge in [-0.3, -0.25) is 0 Å². The quantitative estimate of drug-likeness (QED) is 0.129. The number of carboxylic acid groups (broad SMARTS) is 1. The summed E-state index contributed by atoms with van der Waals surface area (Å²) < 4.78 is 22.2. The van der Waals surface area contributed by atoms with Gasteiger partial charge in [0.15, 0.2) is 0 Å². The van der Waals surface area contributed by atoms with Crippen molar-refractivity contribution in [3.63, 3.8) is 0 Å². The van der Waals surface area contributed by atoms with E-state index >= 15 is 0 Å². The Balaban J connectivity index is 1.55. The second-order valence-corrected chi connectivity index (χ2v) is 10.3. The maximum absolute atomic E-state index is 13.7. The molecule has 2 N–H and O–H groups in total. The molecule has 0 bridgehead atoms. The summed E-state index contributed by atoms with van der Waals surface area (Å²) in [5.41, 5.74) is 1.99. The predicted octanol–water partition coefficient (Wildman–Crippen LogP) is 5.00. The first kappa shape index (κ1) is 33.6. The zero-order valence-electron chi connectivity index (χ0n) is 25.2. The van der Waals surface area contributed by atoms with Crippen LogP contribution in [-0.4, -0.2) is 60.4 Å². The Kier molecular flexibility index (Phi) is 12.6. The fraction of sp³-hybridized carbons (Fsp3) is 0.222. The predicted molar refractivity (Wildman–Crippen MR) is 168 cm³/mol. The molecule has 238 valence electrons. The topological polar surface area (TPSA) is 137 Å². The summed E-state index contributed by atoms with van der Waals surface area (Å²) in [6, 6.07) is 34.2. The van der Waals surface area contributed by atoms with Gasteiger partial charge in [0.2, 0.25) is 12.2 Å². The fourth-order valence-electron chi connectivity index (χ4n) is 4.41. The van der Waals surface area contributed by atoms with Gasteiger partial charge < -0.3 is 29.4 Å². The molecule has 46 heavy (non-hydrogen) atoms. The van der Waals surface area contributed by atoms with Gasteiger partial charge in [-0.1, -0.05) is 97.1 Å². The fourth-order valence-corrected chi connectivity index (χ4v) is 4.41. The Morgan fingerprint density at radius 1 is 0.652 bits per heavy atom. The van der Waals surface area contributed by atoms with Crippen LogP contribution in [0.3, 0.4) is 0 Å². The van der Waals surface area contributed by atoms with E-state index in [0.29, 0.717) is 0 Å². The Morgan fingerprint density at radius 3 is 1.65 bits per heavy atom. The van der Waals surface area contributed by atoms with Crippen LogP contribution in [0.4, 0.5) is 0 Å². The van der Waals surface area contributed by atoms with E-state index in [-0.39, 0.29) is 36.9 Å². The van der Waals surface area contributed by atoms with E-state index in [4.69, 9.17) is 18.9 Å². The number of carboxylic acids is 1.